The molecule has 0 aliphatic carbocycles. The predicted molar refractivity (Wildman–Crippen MR) is 72.6 cm³/mol. The molecule has 98 valence electrons. The van der Waals surface area contributed by atoms with E-state index in [1.54, 1.807) is 0 Å². The normalized spacial score (nSPS) is 21.5. The second kappa shape index (κ2) is 6.38. The van der Waals surface area contributed by atoms with Gasteiger partial charge < -0.3 is 5.32 Å². The lowest BCUT2D eigenvalue weighted by Gasteiger charge is -2.32. The highest BCUT2D eigenvalue weighted by atomic mass is 35.5. The Bertz CT molecular complexity index is 337. The van der Waals surface area contributed by atoms with Gasteiger partial charge in [0.1, 0.15) is 0 Å². The van der Waals surface area contributed by atoms with Crippen LogP contribution in [0.2, 0.25) is 0 Å². The Balaban J connectivity index is 0.00000144. The number of halogens is 1. The van der Waals surface area contributed by atoms with Crippen molar-refractivity contribution in [3.8, 4) is 0 Å². The first-order valence-electron chi connectivity index (χ1n) is 6.15. The summed E-state index contributed by atoms with van der Waals surface area (Å²) in [5.41, 5.74) is 1.32. The average Bonchev–Trinajstić information content (AvgIpc) is 2.66. The Morgan fingerprint density at radius 1 is 1.53 bits per heavy atom. The minimum Gasteiger partial charge on any atom is -0.312 e. The fraction of sp³-hybridized carbons (Fsp3) is 0.750. The van der Waals surface area contributed by atoms with Crippen LogP contribution < -0.4 is 5.32 Å². The minimum atomic E-state index is 0. The van der Waals surface area contributed by atoms with E-state index in [4.69, 9.17) is 0 Å². The van der Waals surface area contributed by atoms with E-state index in [9.17, 15) is 0 Å². The van der Waals surface area contributed by atoms with Gasteiger partial charge in [0.15, 0.2) is 0 Å². The number of nitrogens with zero attached hydrogens (tertiary/aromatic N) is 3. The third kappa shape index (κ3) is 3.69. The summed E-state index contributed by atoms with van der Waals surface area (Å²) >= 11 is 0. The van der Waals surface area contributed by atoms with Gasteiger partial charge in [0.2, 0.25) is 0 Å². The van der Waals surface area contributed by atoms with E-state index in [1.807, 2.05) is 6.20 Å². The van der Waals surface area contributed by atoms with Gasteiger partial charge in [0.25, 0.3) is 0 Å². The molecule has 1 N–H and O–H groups in total. The average molecular weight is 259 g/mol. The molecule has 0 bridgehead atoms. The maximum absolute atomic E-state index is 4.37. The molecule has 4 nitrogen and oxygen atoms in total. The van der Waals surface area contributed by atoms with Crippen molar-refractivity contribution in [2.45, 2.75) is 39.4 Å². The van der Waals surface area contributed by atoms with E-state index in [1.165, 1.54) is 5.69 Å². The number of hydrogen-bond donors (Lipinski definition) is 1. The molecular weight excluding hydrogens is 236 g/mol. The van der Waals surface area contributed by atoms with E-state index in [-0.39, 0.29) is 12.4 Å². The molecule has 0 saturated carbocycles. The smallest absolute Gasteiger partial charge is 0.0527 e. The van der Waals surface area contributed by atoms with Crippen LogP contribution in [0.5, 0.6) is 0 Å². The van der Waals surface area contributed by atoms with Gasteiger partial charge in [-0.1, -0.05) is 0 Å². The van der Waals surface area contributed by atoms with Crippen molar-refractivity contribution in [2.24, 2.45) is 0 Å². The molecule has 1 saturated heterocycles. The van der Waals surface area contributed by atoms with Gasteiger partial charge in [-0.3, -0.25) is 9.58 Å². The number of nitrogens with one attached hydrogen (secondary N) is 1. The van der Waals surface area contributed by atoms with Crippen molar-refractivity contribution in [1.29, 1.82) is 0 Å². The second-order valence-corrected chi connectivity index (χ2v) is 4.95. The maximum Gasteiger partial charge on any atom is 0.0527 e. The highest BCUT2D eigenvalue weighted by Crippen LogP contribution is 2.11. The molecule has 1 aromatic heterocycles. The predicted octanol–water partition coefficient (Wildman–Crippen LogP) is 1.68. The van der Waals surface area contributed by atoms with Crippen LogP contribution in [0.25, 0.3) is 0 Å². The van der Waals surface area contributed by atoms with Crippen LogP contribution in [0.1, 0.15) is 32.5 Å². The van der Waals surface area contributed by atoms with E-state index in [2.05, 4.69) is 46.8 Å². The summed E-state index contributed by atoms with van der Waals surface area (Å²) < 4.78 is 2.12. The molecule has 1 unspecified atom stereocenters. The van der Waals surface area contributed by atoms with Crippen LogP contribution in [0.4, 0.5) is 0 Å². The van der Waals surface area contributed by atoms with Crippen LogP contribution in [0.15, 0.2) is 12.3 Å². The molecular formula is C12H23ClN4. The van der Waals surface area contributed by atoms with Gasteiger partial charge in [-0.2, -0.15) is 5.10 Å². The number of piperazine rings is 1. The Hall–Kier alpha value is -0.580. The second-order valence-electron chi connectivity index (χ2n) is 4.95. The highest BCUT2D eigenvalue weighted by molar-refractivity contribution is 5.85. The third-order valence-corrected chi connectivity index (χ3v) is 3.08. The minimum absolute atomic E-state index is 0. The van der Waals surface area contributed by atoms with Crippen LogP contribution in [-0.4, -0.2) is 40.4 Å². The fourth-order valence-electron chi connectivity index (χ4n) is 2.32. The Kier molecular flexibility index (Phi) is 5.43. The monoisotopic (exact) mass is 258 g/mol. The summed E-state index contributed by atoms with van der Waals surface area (Å²) in [6.07, 6.45) is 1.90. The van der Waals surface area contributed by atoms with Crippen LogP contribution in [0, 0.1) is 0 Å². The molecule has 2 heterocycles. The summed E-state index contributed by atoms with van der Waals surface area (Å²) in [6, 6.07) is 3.18. The molecule has 2 rings (SSSR count). The van der Waals surface area contributed by atoms with Crippen molar-refractivity contribution in [2.75, 3.05) is 19.6 Å². The lowest BCUT2D eigenvalue weighted by atomic mass is 10.2. The Labute approximate surface area is 110 Å². The summed E-state index contributed by atoms with van der Waals surface area (Å²) in [4.78, 5) is 2.50. The van der Waals surface area contributed by atoms with Crippen LogP contribution in [-0.2, 0) is 6.54 Å². The molecule has 17 heavy (non-hydrogen) atoms. The van der Waals surface area contributed by atoms with Crippen molar-refractivity contribution in [1.82, 2.24) is 20.0 Å². The standard InChI is InChI=1S/C12H22N4.ClH/c1-10(2)16-12(4-5-14-16)9-15-7-6-13-11(3)8-15;/h4-5,10-11,13H,6-9H2,1-3H3;1H. The zero-order valence-corrected chi connectivity index (χ0v) is 11.7. The van der Waals surface area contributed by atoms with E-state index in [0.717, 1.165) is 26.2 Å². The van der Waals surface area contributed by atoms with Gasteiger partial charge >= 0.3 is 0 Å². The summed E-state index contributed by atoms with van der Waals surface area (Å²) in [6.45, 7) is 11.0. The van der Waals surface area contributed by atoms with E-state index < -0.39 is 0 Å². The van der Waals surface area contributed by atoms with Crippen molar-refractivity contribution in [3.63, 3.8) is 0 Å². The molecule has 1 atom stereocenters. The van der Waals surface area contributed by atoms with Gasteiger partial charge in [-0.25, -0.2) is 0 Å². The van der Waals surface area contributed by atoms with Crippen molar-refractivity contribution >= 4 is 12.4 Å². The van der Waals surface area contributed by atoms with Crippen LogP contribution >= 0.6 is 12.4 Å². The topological polar surface area (TPSA) is 33.1 Å². The summed E-state index contributed by atoms with van der Waals surface area (Å²) in [5.74, 6) is 0. The van der Waals surface area contributed by atoms with E-state index in [0.29, 0.717) is 12.1 Å². The Morgan fingerprint density at radius 3 is 2.94 bits per heavy atom. The maximum atomic E-state index is 4.37. The quantitative estimate of drug-likeness (QED) is 0.896. The first-order chi connectivity index (χ1) is 7.66. The molecule has 1 aliphatic rings. The van der Waals surface area contributed by atoms with Gasteiger partial charge in [0, 0.05) is 44.5 Å². The molecule has 1 aromatic rings. The summed E-state index contributed by atoms with van der Waals surface area (Å²) in [5, 5.41) is 7.84. The van der Waals surface area contributed by atoms with Crippen LogP contribution in [0.3, 0.4) is 0 Å². The molecule has 0 amide bonds. The molecule has 5 heteroatoms. The fourth-order valence-corrected chi connectivity index (χ4v) is 2.32. The zero-order chi connectivity index (χ0) is 11.5. The molecule has 1 aliphatic heterocycles. The number of aromatic nitrogens is 2. The lowest BCUT2D eigenvalue weighted by molar-refractivity contribution is 0.193. The van der Waals surface area contributed by atoms with Crippen molar-refractivity contribution in [3.05, 3.63) is 18.0 Å². The van der Waals surface area contributed by atoms with E-state index >= 15 is 0 Å². The van der Waals surface area contributed by atoms with Crippen molar-refractivity contribution < 1.29 is 0 Å². The number of rotatable bonds is 3. The summed E-state index contributed by atoms with van der Waals surface area (Å²) in [7, 11) is 0. The molecule has 1 fully saturated rings. The highest BCUT2D eigenvalue weighted by Gasteiger charge is 2.17. The van der Waals surface area contributed by atoms with Gasteiger partial charge in [-0.05, 0) is 26.8 Å². The Morgan fingerprint density at radius 2 is 2.29 bits per heavy atom. The lowest BCUT2D eigenvalue weighted by Crippen LogP contribution is -2.48. The number of hydrogen-bond acceptors (Lipinski definition) is 3. The largest absolute Gasteiger partial charge is 0.312 e. The molecule has 0 aromatic carbocycles. The molecule has 0 spiro atoms. The van der Waals surface area contributed by atoms with Gasteiger partial charge in [0.05, 0.1) is 5.69 Å². The first-order valence-corrected chi connectivity index (χ1v) is 6.15. The first kappa shape index (κ1) is 14.5. The zero-order valence-electron chi connectivity index (χ0n) is 10.9. The SMILES string of the molecule is CC1CN(Cc2ccnn2C(C)C)CCN1.Cl. The third-order valence-electron chi connectivity index (χ3n) is 3.08. The molecule has 0 radical (unpaired) electrons. The van der Waals surface area contributed by atoms with Gasteiger partial charge in [-0.15, -0.1) is 12.4 Å².